The van der Waals surface area contributed by atoms with Gasteiger partial charge in [-0.05, 0) is 12.1 Å². The maximum absolute atomic E-state index is 4.80. The highest BCUT2D eigenvalue weighted by atomic mass is 16.5. The lowest BCUT2D eigenvalue weighted by molar-refractivity contribution is 0.402. The molecule has 1 saturated heterocycles. The van der Waals surface area contributed by atoms with Crippen molar-refractivity contribution in [1.82, 2.24) is 20.4 Å². The van der Waals surface area contributed by atoms with E-state index < -0.39 is 0 Å². The lowest BCUT2D eigenvalue weighted by Gasteiger charge is -2.14. The Balaban J connectivity index is 1.90. The molecule has 82 valence electrons. The SMILES string of the molecule is c1ccc([C@H]2CNC[C@H]2c2ncon2)nc1. The first kappa shape index (κ1) is 9.47. The Morgan fingerprint density at radius 2 is 2.12 bits per heavy atom. The van der Waals surface area contributed by atoms with Crippen molar-refractivity contribution in [2.75, 3.05) is 13.1 Å². The molecule has 2 aromatic rings. The first-order valence-corrected chi connectivity index (χ1v) is 5.33. The van der Waals surface area contributed by atoms with Crippen molar-refractivity contribution < 1.29 is 4.52 Å². The highest BCUT2D eigenvalue weighted by molar-refractivity contribution is 5.19. The molecule has 2 aromatic heterocycles. The fourth-order valence-electron chi connectivity index (χ4n) is 2.20. The van der Waals surface area contributed by atoms with Crippen molar-refractivity contribution in [2.45, 2.75) is 11.8 Å². The van der Waals surface area contributed by atoms with Crippen molar-refractivity contribution in [1.29, 1.82) is 0 Å². The average molecular weight is 216 g/mol. The van der Waals surface area contributed by atoms with Crippen molar-refractivity contribution in [3.05, 3.63) is 42.3 Å². The van der Waals surface area contributed by atoms with Crippen LogP contribution >= 0.6 is 0 Å². The highest BCUT2D eigenvalue weighted by Gasteiger charge is 2.33. The zero-order chi connectivity index (χ0) is 10.8. The molecular weight excluding hydrogens is 204 g/mol. The van der Waals surface area contributed by atoms with Crippen LogP contribution in [-0.4, -0.2) is 28.2 Å². The summed E-state index contributed by atoms with van der Waals surface area (Å²) in [7, 11) is 0. The molecule has 1 aliphatic heterocycles. The van der Waals surface area contributed by atoms with E-state index in [-0.39, 0.29) is 5.92 Å². The van der Waals surface area contributed by atoms with Crippen LogP contribution in [0.1, 0.15) is 23.4 Å². The minimum absolute atomic E-state index is 0.258. The van der Waals surface area contributed by atoms with Gasteiger partial charge in [-0.15, -0.1) is 0 Å². The third kappa shape index (κ3) is 1.59. The molecule has 0 unspecified atom stereocenters. The lowest BCUT2D eigenvalue weighted by atomic mass is 9.92. The van der Waals surface area contributed by atoms with E-state index >= 15 is 0 Å². The van der Waals surface area contributed by atoms with Crippen LogP contribution < -0.4 is 5.32 Å². The number of nitrogens with one attached hydrogen (secondary N) is 1. The zero-order valence-corrected chi connectivity index (χ0v) is 8.71. The van der Waals surface area contributed by atoms with Gasteiger partial charge in [0.1, 0.15) is 0 Å². The molecule has 0 aromatic carbocycles. The van der Waals surface area contributed by atoms with Crippen LogP contribution in [0, 0.1) is 0 Å². The molecule has 0 bridgehead atoms. The Morgan fingerprint density at radius 1 is 1.19 bits per heavy atom. The van der Waals surface area contributed by atoms with Crippen LogP contribution in [0.3, 0.4) is 0 Å². The van der Waals surface area contributed by atoms with E-state index in [9.17, 15) is 0 Å². The van der Waals surface area contributed by atoms with E-state index in [1.165, 1.54) is 6.39 Å². The molecule has 0 spiro atoms. The first-order chi connectivity index (χ1) is 7.95. The quantitative estimate of drug-likeness (QED) is 0.809. The standard InChI is InChI=1S/C11H12N4O/c1-2-4-13-10(3-1)8-5-12-6-9(8)11-14-7-16-15-11/h1-4,7-9,12H,5-6H2/t8-,9+/m0/s1. The van der Waals surface area contributed by atoms with E-state index in [4.69, 9.17) is 4.52 Å². The summed E-state index contributed by atoms with van der Waals surface area (Å²) in [4.78, 5) is 8.52. The number of nitrogens with zero attached hydrogens (tertiary/aromatic N) is 3. The van der Waals surface area contributed by atoms with Gasteiger partial charge in [-0.2, -0.15) is 4.98 Å². The fraction of sp³-hybridized carbons (Fsp3) is 0.364. The molecule has 5 heteroatoms. The van der Waals surface area contributed by atoms with Gasteiger partial charge >= 0.3 is 0 Å². The molecule has 0 aliphatic carbocycles. The second kappa shape index (κ2) is 4.02. The Labute approximate surface area is 92.9 Å². The van der Waals surface area contributed by atoms with Gasteiger partial charge < -0.3 is 9.84 Å². The topological polar surface area (TPSA) is 63.8 Å². The Morgan fingerprint density at radius 3 is 2.88 bits per heavy atom. The largest absolute Gasteiger partial charge is 0.343 e. The summed E-state index contributed by atoms with van der Waals surface area (Å²) in [5.41, 5.74) is 1.09. The minimum atomic E-state index is 0.258. The number of hydrogen-bond acceptors (Lipinski definition) is 5. The predicted octanol–water partition coefficient (Wildman–Crippen LogP) is 0.935. The molecule has 1 N–H and O–H groups in total. The third-order valence-electron chi connectivity index (χ3n) is 2.99. The maximum atomic E-state index is 4.80. The molecule has 1 aliphatic rings. The monoisotopic (exact) mass is 216 g/mol. The van der Waals surface area contributed by atoms with Crippen LogP contribution in [0.4, 0.5) is 0 Å². The van der Waals surface area contributed by atoms with Gasteiger partial charge in [0.25, 0.3) is 0 Å². The van der Waals surface area contributed by atoms with Crippen LogP contribution in [0.15, 0.2) is 35.3 Å². The third-order valence-corrected chi connectivity index (χ3v) is 2.99. The fourth-order valence-corrected chi connectivity index (χ4v) is 2.20. The van der Waals surface area contributed by atoms with Gasteiger partial charge in [0, 0.05) is 36.8 Å². The first-order valence-electron chi connectivity index (χ1n) is 5.33. The molecular formula is C11H12N4O. The highest BCUT2D eigenvalue weighted by Crippen LogP contribution is 2.32. The predicted molar refractivity (Wildman–Crippen MR) is 56.9 cm³/mol. The molecule has 1 fully saturated rings. The van der Waals surface area contributed by atoms with Crippen molar-refractivity contribution >= 4 is 0 Å². The Hall–Kier alpha value is -1.75. The van der Waals surface area contributed by atoms with E-state index in [0.29, 0.717) is 5.92 Å². The second-order valence-electron chi connectivity index (χ2n) is 3.92. The van der Waals surface area contributed by atoms with Gasteiger partial charge in [0.2, 0.25) is 6.39 Å². The Kier molecular flexibility index (Phi) is 2.38. The molecule has 3 heterocycles. The summed E-state index contributed by atoms with van der Waals surface area (Å²) in [6, 6.07) is 5.98. The smallest absolute Gasteiger partial charge is 0.213 e. The van der Waals surface area contributed by atoms with Crippen LogP contribution in [-0.2, 0) is 0 Å². The van der Waals surface area contributed by atoms with Crippen molar-refractivity contribution in [3.8, 4) is 0 Å². The van der Waals surface area contributed by atoms with E-state index in [1.54, 1.807) is 0 Å². The molecule has 5 nitrogen and oxygen atoms in total. The normalized spacial score (nSPS) is 24.8. The summed E-state index contributed by atoms with van der Waals surface area (Å²) in [6.45, 7) is 1.79. The molecule has 0 amide bonds. The van der Waals surface area contributed by atoms with Crippen LogP contribution in [0.2, 0.25) is 0 Å². The van der Waals surface area contributed by atoms with Gasteiger partial charge in [-0.3, -0.25) is 4.98 Å². The van der Waals surface area contributed by atoms with Gasteiger partial charge in [-0.1, -0.05) is 11.2 Å². The summed E-state index contributed by atoms with van der Waals surface area (Å²) in [6.07, 6.45) is 3.20. The van der Waals surface area contributed by atoms with E-state index in [0.717, 1.165) is 24.6 Å². The summed E-state index contributed by atoms with van der Waals surface area (Å²) < 4.78 is 4.80. The average Bonchev–Trinajstić information content (AvgIpc) is 3.01. The van der Waals surface area contributed by atoms with Crippen molar-refractivity contribution in [2.24, 2.45) is 0 Å². The molecule has 3 rings (SSSR count). The molecule has 16 heavy (non-hydrogen) atoms. The summed E-state index contributed by atoms with van der Waals surface area (Å²) >= 11 is 0. The van der Waals surface area contributed by atoms with Crippen LogP contribution in [0.5, 0.6) is 0 Å². The molecule has 2 atom stereocenters. The number of pyridine rings is 1. The summed E-state index contributed by atoms with van der Waals surface area (Å²) in [5.74, 6) is 1.35. The molecule has 0 radical (unpaired) electrons. The minimum Gasteiger partial charge on any atom is -0.343 e. The van der Waals surface area contributed by atoms with Gasteiger partial charge in [-0.25, -0.2) is 0 Å². The molecule has 0 saturated carbocycles. The maximum Gasteiger partial charge on any atom is 0.213 e. The number of aromatic nitrogens is 3. The van der Waals surface area contributed by atoms with Gasteiger partial charge in [0.15, 0.2) is 5.82 Å². The van der Waals surface area contributed by atoms with Crippen molar-refractivity contribution in [3.63, 3.8) is 0 Å². The number of hydrogen-bond donors (Lipinski definition) is 1. The summed E-state index contributed by atoms with van der Waals surface area (Å²) in [5, 5.41) is 7.27. The van der Waals surface area contributed by atoms with E-state index in [2.05, 4.69) is 20.4 Å². The zero-order valence-electron chi connectivity index (χ0n) is 8.71. The Bertz CT molecular complexity index is 442. The van der Waals surface area contributed by atoms with Gasteiger partial charge in [0.05, 0.1) is 0 Å². The van der Waals surface area contributed by atoms with Crippen LogP contribution in [0.25, 0.3) is 0 Å². The second-order valence-corrected chi connectivity index (χ2v) is 3.92. The van der Waals surface area contributed by atoms with E-state index in [1.807, 2.05) is 24.4 Å². The lowest BCUT2D eigenvalue weighted by Crippen LogP contribution is -2.11. The number of rotatable bonds is 2.